The van der Waals surface area contributed by atoms with Crippen LogP contribution in [0.2, 0.25) is 0 Å². The van der Waals surface area contributed by atoms with Crippen LogP contribution < -0.4 is 5.32 Å². The van der Waals surface area contributed by atoms with Gasteiger partial charge in [-0.1, -0.05) is 243 Å². The minimum atomic E-state index is -0.0489. The molecule has 0 spiro atoms. The third-order valence-corrected chi connectivity index (χ3v) is 12.9. The Labute approximate surface area is 393 Å². The molecule has 3 heteroatoms. The minimum Gasteiger partial charge on any atom is -0.358 e. The van der Waals surface area contributed by atoms with Crippen LogP contribution in [0.4, 0.5) is 0 Å². The fourth-order valence-electron chi connectivity index (χ4n) is 9.39. The molecular formula is C64H47N3. The number of nitrogens with one attached hydrogen (secondary N) is 2. The predicted octanol–water partition coefficient (Wildman–Crippen LogP) is 15.7. The van der Waals surface area contributed by atoms with Gasteiger partial charge >= 0.3 is 0 Å². The number of rotatable bonds is 10. The van der Waals surface area contributed by atoms with Crippen LogP contribution in [-0.2, 0) is 0 Å². The molecule has 0 saturated carbocycles. The van der Waals surface area contributed by atoms with Gasteiger partial charge in [0.1, 0.15) is 0 Å². The fourth-order valence-corrected chi connectivity index (χ4v) is 9.39. The zero-order chi connectivity index (χ0) is 44.9. The van der Waals surface area contributed by atoms with Crippen LogP contribution in [0.3, 0.4) is 0 Å². The molecule has 1 aliphatic carbocycles. The van der Waals surface area contributed by atoms with Crippen molar-refractivity contribution in [1.29, 1.82) is 5.41 Å². The molecule has 8 aromatic carbocycles. The molecule has 1 aliphatic heterocycles. The number of hydrogen-bond donors (Lipinski definition) is 2. The number of fused-ring (bicyclic) bond motifs is 1. The first-order valence-electron chi connectivity index (χ1n) is 22.9. The van der Waals surface area contributed by atoms with Crippen molar-refractivity contribution < 1.29 is 0 Å². The molecule has 2 heterocycles. The van der Waals surface area contributed by atoms with Gasteiger partial charge < -0.3 is 5.32 Å². The highest BCUT2D eigenvalue weighted by Crippen LogP contribution is 2.42. The predicted molar refractivity (Wildman–Crippen MR) is 280 cm³/mol. The molecule has 0 bridgehead atoms. The van der Waals surface area contributed by atoms with Crippen molar-refractivity contribution in [2.75, 3.05) is 0 Å². The zero-order valence-electron chi connectivity index (χ0n) is 36.9. The van der Waals surface area contributed by atoms with E-state index in [2.05, 4.69) is 230 Å². The van der Waals surface area contributed by atoms with E-state index in [0.717, 1.165) is 78.4 Å². The van der Waals surface area contributed by atoms with Crippen LogP contribution in [0.1, 0.15) is 22.3 Å². The van der Waals surface area contributed by atoms with Gasteiger partial charge in [-0.05, 0) is 73.8 Å². The first kappa shape index (κ1) is 41.1. The lowest BCUT2D eigenvalue weighted by Crippen LogP contribution is -2.32. The van der Waals surface area contributed by atoms with Gasteiger partial charge in [-0.15, -0.1) is 0 Å². The molecule has 9 aromatic rings. The van der Waals surface area contributed by atoms with E-state index in [1.807, 2.05) is 36.4 Å². The Bertz CT molecular complexity index is 3230. The number of nitrogens with zero attached hydrogens (tertiary/aromatic N) is 1. The van der Waals surface area contributed by atoms with Crippen LogP contribution >= 0.6 is 0 Å². The lowest BCUT2D eigenvalue weighted by atomic mass is 9.76. The van der Waals surface area contributed by atoms with Gasteiger partial charge in [0, 0.05) is 45.5 Å². The van der Waals surface area contributed by atoms with Crippen LogP contribution in [0.15, 0.2) is 267 Å². The van der Waals surface area contributed by atoms with E-state index in [4.69, 9.17) is 4.98 Å². The van der Waals surface area contributed by atoms with E-state index in [1.165, 1.54) is 22.3 Å². The second-order valence-corrected chi connectivity index (χ2v) is 17.1. The number of pyridine rings is 1. The van der Waals surface area contributed by atoms with Crippen molar-refractivity contribution in [3.63, 3.8) is 0 Å². The maximum absolute atomic E-state index is 9.77. The molecule has 0 amide bonds. The summed E-state index contributed by atoms with van der Waals surface area (Å²) in [4.78, 5) is 5.32. The van der Waals surface area contributed by atoms with E-state index in [1.54, 1.807) is 0 Å². The minimum absolute atomic E-state index is 0.0489. The van der Waals surface area contributed by atoms with Gasteiger partial charge in [-0.3, -0.25) is 5.41 Å². The summed E-state index contributed by atoms with van der Waals surface area (Å²) in [7, 11) is 0. The summed E-state index contributed by atoms with van der Waals surface area (Å²) in [5, 5.41) is 13.7. The molecule has 11 rings (SSSR count). The van der Waals surface area contributed by atoms with Crippen molar-refractivity contribution in [1.82, 2.24) is 10.3 Å². The summed E-state index contributed by atoms with van der Waals surface area (Å²) in [6.07, 6.45) is 9.36. The lowest BCUT2D eigenvalue weighted by Gasteiger charge is -2.35. The molecule has 2 atom stereocenters. The molecule has 2 aliphatic rings. The first-order chi connectivity index (χ1) is 33.1. The Morgan fingerprint density at radius 2 is 0.836 bits per heavy atom. The summed E-state index contributed by atoms with van der Waals surface area (Å²) >= 11 is 0. The molecule has 2 N–H and O–H groups in total. The zero-order valence-corrected chi connectivity index (χ0v) is 36.9. The number of allylic oxidation sites excluding steroid dienone is 6. The molecule has 0 saturated heterocycles. The van der Waals surface area contributed by atoms with Crippen LogP contribution in [-0.4, -0.2) is 10.7 Å². The Hall–Kier alpha value is -8.66. The molecule has 3 nitrogen and oxygen atoms in total. The maximum atomic E-state index is 9.77. The normalized spacial score (nSPS) is 15.9. The average molecular weight is 858 g/mol. The summed E-state index contributed by atoms with van der Waals surface area (Å²) in [6.45, 7) is 0. The maximum Gasteiger partial charge on any atom is 0.0715 e. The topological polar surface area (TPSA) is 48.8 Å². The van der Waals surface area contributed by atoms with E-state index in [9.17, 15) is 5.41 Å². The summed E-state index contributed by atoms with van der Waals surface area (Å²) < 4.78 is 0. The van der Waals surface area contributed by atoms with Crippen LogP contribution in [0, 0.1) is 17.2 Å². The number of aromatic nitrogens is 1. The molecule has 0 fully saturated rings. The first-order valence-corrected chi connectivity index (χ1v) is 22.9. The van der Waals surface area contributed by atoms with Gasteiger partial charge in [0.05, 0.1) is 17.1 Å². The molecule has 318 valence electrons. The number of benzene rings is 8. The Morgan fingerprint density at radius 3 is 1.39 bits per heavy atom. The van der Waals surface area contributed by atoms with E-state index >= 15 is 0 Å². The van der Waals surface area contributed by atoms with Crippen LogP contribution in [0.5, 0.6) is 0 Å². The number of hydrogen-bond acceptors (Lipinski definition) is 3. The average Bonchev–Trinajstić information content (AvgIpc) is 3.42. The van der Waals surface area contributed by atoms with Crippen molar-refractivity contribution in [3.8, 4) is 55.9 Å². The lowest BCUT2D eigenvalue weighted by molar-refractivity contribution is 0.590. The fraction of sp³-hybridized carbons (Fsp3) is 0.0312. The second-order valence-electron chi connectivity index (χ2n) is 17.1. The van der Waals surface area contributed by atoms with Crippen molar-refractivity contribution in [3.05, 3.63) is 289 Å². The second kappa shape index (κ2) is 18.4. The molecule has 2 unspecified atom stereocenters. The highest BCUT2D eigenvalue weighted by molar-refractivity contribution is 6.31. The highest BCUT2D eigenvalue weighted by atomic mass is 14.9. The molecule has 67 heavy (non-hydrogen) atoms. The highest BCUT2D eigenvalue weighted by Gasteiger charge is 2.33. The molecular weight excluding hydrogens is 811 g/mol. The van der Waals surface area contributed by atoms with Crippen molar-refractivity contribution in [2.24, 2.45) is 11.8 Å². The van der Waals surface area contributed by atoms with Gasteiger partial charge in [0.25, 0.3) is 0 Å². The summed E-state index contributed by atoms with van der Waals surface area (Å²) in [5.41, 5.74) is 19.6. The third-order valence-electron chi connectivity index (χ3n) is 12.9. The Balaban J connectivity index is 1.01. The van der Waals surface area contributed by atoms with E-state index < -0.39 is 0 Å². The summed E-state index contributed by atoms with van der Waals surface area (Å²) in [6, 6.07) is 82.8. The summed E-state index contributed by atoms with van der Waals surface area (Å²) in [5.74, 6) is 0.0276. The van der Waals surface area contributed by atoms with E-state index in [-0.39, 0.29) is 11.8 Å². The van der Waals surface area contributed by atoms with Gasteiger partial charge in [-0.2, -0.15) is 0 Å². The van der Waals surface area contributed by atoms with Crippen molar-refractivity contribution >= 4 is 22.6 Å². The standard InChI is InChI=1S/C64H47N3/c65-63(52-25-14-5-15-26-52)62(51-23-12-4-13-24-51)64-58-40-55(37-38-56(58)41-61(67-64)48-21-10-3-11-22-48)53-27-16-28-54(39-53)57-42-59(49-33-29-46(30-34-49)44-17-6-1-7-18-44)66-60(43-57)50-35-31-47(32-36-50)45-19-8-2-9-20-45/h1-43,56,58,65,67H/b64-62-,65-63?. The Kier molecular flexibility index (Phi) is 11.3. The molecule has 0 radical (unpaired) electrons. The van der Waals surface area contributed by atoms with Crippen LogP contribution in [0.25, 0.3) is 72.7 Å². The smallest absolute Gasteiger partial charge is 0.0715 e. The third kappa shape index (κ3) is 8.67. The van der Waals surface area contributed by atoms with E-state index in [0.29, 0.717) is 5.71 Å². The van der Waals surface area contributed by atoms with Gasteiger partial charge in [0.15, 0.2) is 0 Å². The van der Waals surface area contributed by atoms with Gasteiger partial charge in [0.2, 0.25) is 0 Å². The molecule has 1 aromatic heterocycles. The monoisotopic (exact) mass is 857 g/mol. The quantitative estimate of drug-likeness (QED) is 0.135. The largest absolute Gasteiger partial charge is 0.358 e. The van der Waals surface area contributed by atoms with Crippen molar-refractivity contribution in [2.45, 2.75) is 0 Å². The Morgan fingerprint density at radius 1 is 0.388 bits per heavy atom. The van der Waals surface area contributed by atoms with Gasteiger partial charge in [-0.25, -0.2) is 4.98 Å². The SMILES string of the molecule is N=C(/C(=C1\NC(c2ccccc2)=CC2C=CC(c3cccc(-c4cc(-c5ccc(-c6ccccc6)cc5)nc(-c5ccc(-c6ccccc6)cc5)c4)c3)=CC12)c1ccccc1)c1ccccc1.